The van der Waals surface area contributed by atoms with Crippen molar-refractivity contribution in [2.75, 3.05) is 32.7 Å². The maximum absolute atomic E-state index is 12.2. The van der Waals surface area contributed by atoms with E-state index in [1.54, 1.807) is 10.7 Å². The van der Waals surface area contributed by atoms with E-state index < -0.39 is 0 Å². The number of pyridine rings is 1. The van der Waals surface area contributed by atoms with Gasteiger partial charge in [-0.1, -0.05) is 26.8 Å². The zero-order chi connectivity index (χ0) is 20.4. The molecular weight excluding hydrogens is 364 g/mol. The molecule has 0 amide bonds. The van der Waals surface area contributed by atoms with Crippen LogP contribution in [0.25, 0.3) is 5.65 Å². The van der Waals surface area contributed by atoms with Crippen LogP contribution in [-0.4, -0.2) is 61.7 Å². The number of hydrogen-bond donors (Lipinski definition) is 0. The van der Waals surface area contributed by atoms with Crippen LogP contribution in [0.4, 0.5) is 0 Å². The van der Waals surface area contributed by atoms with Crippen LogP contribution in [0.5, 0.6) is 0 Å². The Morgan fingerprint density at radius 3 is 2.45 bits per heavy atom. The minimum atomic E-state index is -0.0566. The van der Waals surface area contributed by atoms with Crippen LogP contribution in [0.15, 0.2) is 47.5 Å². The van der Waals surface area contributed by atoms with E-state index in [2.05, 4.69) is 46.3 Å². The minimum absolute atomic E-state index is 0.0246. The lowest BCUT2D eigenvalue weighted by molar-refractivity contribution is 0.121. The fourth-order valence-electron chi connectivity index (χ4n) is 3.71. The third-order valence-electron chi connectivity index (χ3n) is 5.53. The number of hydrogen-bond acceptors (Lipinski definition) is 5. The summed E-state index contributed by atoms with van der Waals surface area (Å²) < 4.78 is 3.69. The molecule has 3 aromatic heterocycles. The van der Waals surface area contributed by atoms with Gasteiger partial charge in [-0.2, -0.15) is 5.10 Å². The molecule has 4 heterocycles. The summed E-state index contributed by atoms with van der Waals surface area (Å²) in [5.41, 5.74) is 2.98. The van der Waals surface area contributed by atoms with Crippen LogP contribution in [-0.2, 0) is 18.5 Å². The molecule has 0 bridgehead atoms. The Morgan fingerprint density at radius 2 is 1.72 bits per heavy atom. The summed E-state index contributed by atoms with van der Waals surface area (Å²) in [6.45, 7) is 12.7. The van der Waals surface area contributed by atoms with Crippen molar-refractivity contribution in [1.29, 1.82) is 0 Å². The zero-order valence-corrected chi connectivity index (χ0v) is 17.6. The number of nitrogens with zero attached hydrogens (tertiary/aromatic N) is 6. The van der Waals surface area contributed by atoms with Gasteiger partial charge in [-0.25, -0.2) is 9.67 Å². The molecule has 0 N–H and O–H groups in total. The molecule has 1 saturated heterocycles. The normalized spacial score (nSPS) is 16.5. The summed E-state index contributed by atoms with van der Waals surface area (Å²) in [6, 6.07) is 9.56. The van der Waals surface area contributed by atoms with E-state index in [9.17, 15) is 4.79 Å². The Bertz CT molecular complexity index is 990. The van der Waals surface area contributed by atoms with Gasteiger partial charge in [-0.3, -0.25) is 14.6 Å². The Kier molecular flexibility index (Phi) is 5.52. The monoisotopic (exact) mass is 394 g/mol. The number of rotatable bonds is 5. The molecule has 0 unspecified atom stereocenters. The van der Waals surface area contributed by atoms with Crippen LogP contribution < -0.4 is 5.56 Å². The highest BCUT2D eigenvalue weighted by molar-refractivity contribution is 5.39. The predicted octanol–water partition coefficient (Wildman–Crippen LogP) is 2.01. The SMILES string of the molecule is CC(C)(C)c1ccc(=O)n(CCN2CCN(Cc3cn4ccccc4n3)CC2)n1. The second-order valence-electron chi connectivity index (χ2n) is 8.85. The molecule has 0 aromatic carbocycles. The molecule has 1 fully saturated rings. The van der Waals surface area contributed by atoms with E-state index in [4.69, 9.17) is 4.98 Å². The highest BCUT2D eigenvalue weighted by Gasteiger charge is 2.19. The van der Waals surface area contributed by atoms with Crippen molar-refractivity contribution in [2.45, 2.75) is 39.3 Å². The lowest BCUT2D eigenvalue weighted by Gasteiger charge is -2.34. The topological polar surface area (TPSA) is 58.7 Å². The third-order valence-corrected chi connectivity index (χ3v) is 5.53. The summed E-state index contributed by atoms with van der Waals surface area (Å²) in [5, 5.41) is 4.58. The average molecular weight is 395 g/mol. The van der Waals surface area contributed by atoms with Gasteiger partial charge in [0.05, 0.1) is 17.9 Å². The van der Waals surface area contributed by atoms with Crippen molar-refractivity contribution in [3.8, 4) is 0 Å². The summed E-state index contributed by atoms with van der Waals surface area (Å²) in [4.78, 5) is 21.7. The second kappa shape index (κ2) is 8.08. The van der Waals surface area contributed by atoms with Gasteiger partial charge in [0.2, 0.25) is 0 Å². The van der Waals surface area contributed by atoms with Crippen LogP contribution in [0, 0.1) is 0 Å². The van der Waals surface area contributed by atoms with E-state index in [1.807, 2.05) is 30.5 Å². The maximum atomic E-state index is 12.2. The van der Waals surface area contributed by atoms with Crippen LogP contribution in [0.2, 0.25) is 0 Å². The van der Waals surface area contributed by atoms with Crippen molar-refractivity contribution < 1.29 is 0 Å². The number of fused-ring (bicyclic) bond motifs is 1. The van der Waals surface area contributed by atoms with E-state index in [-0.39, 0.29) is 11.0 Å². The van der Waals surface area contributed by atoms with Crippen LogP contribution >= 0.6 is 0 Å². The number of piperazine rings is 1. The average Bonchev–Trinajstić information content (AvgIpc) is 3.10. The number of aromatic nitrogens is 4. The molecule has 3 aromatic rings. The van der Waals surface area contributed by atoms with Gasteiger partial charge in [0.25, 0.3) is 5.56 Å². The Hall–Kier alpha value is -2.51. The van der Waals surface area contributed by atoms with Crippen molar-refractivity contribution in [2.24, 2.45) is 0 Å². The first-order valence-corrected chi connectivity index (χ1v) is 10.3. The van der Waals surface area contributed by atoms with E-state index in [0.29, 0.717) is 6.54 Å². The first-order valence-electron chi connectivity index (χ1n) is 10.3. The first kappa shape index (κ1) is 19.8. The van der Waals surface area contributed by atoms with Crippen LogP contribution in [0.1, 0.15) is 32.2 Å². The molecule has 1 aliphatic heterocycles. The molecule has 4 rings (SSSR count). The minimum Gasteiger partial charge on any atom is -0.307 e. The van der Waals surface area contributed by atoms with Gasteiger partial charge in [0, 0.05) is 63.1 Å². The lowest BCUT2D eigenvalue weighted by atomic mass is 9.92. The second-order valence-corrected chi connectivity index (χ2v) is 8.85. The molecule has 7 heteroatoms. The summed E-state index contributed by atoms with van der Waals surface area (Å²) >= 11 is 0. The molecule has 0 saturated carbocycles. The molecule has 0 spiro atoms. The van der Waals surface area contributed by atoms with Gasteiger partial charge in [-0.15, -0.1) is 0 Å². The summed E-state index contributed by atoms with van der Waals surface area (Å²) in [6.07, 6.45) is 4.15. The fourth-order valence-corrected chi connectivity index (χ4v) is 3.71. The van der Waals surface area contributed by atoms with Gasteiger partial charge < -0.3 is 4.40 Å². The van der Waals surface area contributed by atoms with Crippen molar-refractivity contribution in [3.05, 3.63) is 64.5 Å². The maximum Gasteiger partial charge on any atom is 0.266 e. The van der Waals surface area contributed by atoms with E-state index in [0.717, 1.165) is 56.3 Å². The smallest absolute Gasteiger partial charge is 0.266 e. The molecule has 29 heavy (non-hydrogen) atoms. The van der Waals surface area contributed by atoms with Gasteiger partial charge in [0.1, 0.15) is 5.65 Å². The van der Waals surface area contributed by atoms with E-state index in [1.165, 1.54) is 0 Å². The van der Waals surface area contributed by atoms with Gasteiger partial charge in [0.15, 0.2) is 0 Å². The molecule has 0 atom stereocenters. The first-order chi connectivity index (χ1) is 13.9. The van der Waals surface area contributed by atoms with Gasteiger partial charge in [-0.05, 0) is 18.2 Å². The standard InChI is InChI=1S/C22H30N6O/c1-22(2,3)19-7-8-21(29)28(24-19)15-14-25-10-12-26(13-11-25)16-18-17-27-9-5-4-6-20(27)23-18/h4-9,17H,10-16H2,1-3H3. The van der Waals surface area contributed by atoms with Gasteiger partial charge >= 0.3 is 0 Å². The third kappa shape index (κ3) is 4.74. The van der Waals surface area contributed by atoms with E-state index >= 15 is 0 Å². The highest BCUT2D eigenvalue weighted by atomic mass is 16.1. The number of imidazole rings is 1. The zero-order valence-electron chi connectivity index (χ0n) is 17.6. The lowest BCUT2D eigenvalue weighted by Crippen LogP contribution is -2.47. The summed E-state index contributed by atoms with van der Waals surface area (Å²) in [7, 11) is 0. The molecule has 1 aliphatic rings. The molecule has 0 aliphatic carbocycles. The molecule has 7 nitrogen and oxygen atoms in total. The predicted molar refractivity (Wildman–Crippen MR) is 114 cm³/mol. The quantitative estimate of drug-likeness (QED) is 0.663. The van der Waals surface area contributed by atoms with Crippen molar-refractivity contribution in [1.82, 2.24) is 29.0 Å². The molecular formula is C22H30N6O. The largest absolute Gasteiger partial charge is 0.307 e. The van der Waals surface area contributed by atoms with Crippen molar-refractivity contribution >= 4 is 5.65 Å². The fraction of sp³-hybridized carbons (Fsp3) is 0.500. The van der Waals surface area contributed by atoms with Crippen LogP contribution in [0.3, 0.4) is 0 Å². The van der Waals surface area contributed by atoms with Crippen molar-refractivity contribution in [3.63, 3.8) is 0 Å². The Balaban J connectivity index is 1.29. The Morgan fingerprint density at radius 1 is 0.966 bits per heavy atom. The molecule has 0 radical (unpaired) electrons. The Labute approximate surface area is 171 Å². The molecule has 154 valence electrons. The summed E-state index contributed by atoms with van der Waals surface area (Å²) in [5.74, 6) is 0. The highest BCUT2D eigenvalue weighted by Crippen LogP contribution is 2.18.